The van der Waals surface area contributed by atoms with Crippen LogP contribution in [0.3, 0.4) is 0 Å². The van der Waals surface area contributed by atoms with Gasteiger partial charge in [-0.2, -0.15) is 0 Å². The molecule has 0 aliphatic heterocycles. The monoisotopic (exact) mass is 264 g/mol. The van der Waals surface area contributed by atoms with Crippen molar-refractivity contribution in [2.45, 2.75) is 25.2 Å². The number of aliphatic hydroxyl groups is 1. The average molecular weight is 264 g/mol. The summed E-state index contributed by atoms with van der Waals surface area (Å²) >= 11 is 0. The van der Waals surface area contributed by atoms with Crippen molar-refractivity contribution in [1.82, 2.24) is 10.6 Å². The Morgan fingerprint density at radius 2 is 2.05 bits per heavy atom. The van der Waals surface area contributed by atoms with Gasteiger partial charge >= 0.3 is 0 Å². The van der Waals surface area contributed by atoms with E-state index in [2.05, 4.69) is 10.6 Å². The smallest absolute Gasteiger partial charge is 0.220 e. The summed E-state index contributed by atoms with van der Waals surface area (Å²) in [5, 5.41) is 15.1. The second-order valence-corrected chi connectivity index (χ2v) is 4.63. The molecule has 1 rings (SSSR count). The summed E-state index contributed by atoms with van der Waals surface area (Å²) in [6.45, 7) is 1.57. The number of carbonyl (C=O) groups excluding carboxylic acids is 1. The molecule has 0 bridgehead atoms. The maximum absolute atomic E-state index is 11.7. The Labute approximate surface area is 115 Å². The van der Waals surface area contributed by atoms with Crippen LogP contribution in [0, 0.1) is 0 Å². The van der Waals surface area contributed by atoms with Crippen LogP contribution < -0.4 is 10.6 Å². The van der Waals surface area contributed by atoms with Crippen LogP contribution in [-0.4, -0.2) is 37.8 Å². The molecule has 4 nitrogen and oxygen atoms in total. The summed E-state index contributed by atoms with van der Waals surface area (Å²) in [4.78, 5) is 11.7. The molecule has 4 heteroatoms. The molecule has 0 aromatic heterocycles. The maximum Gasteiger partial charge on any atom is 0.220 e. The Morgan fingerprint density at radius 3 is 2.68 bits per heavy atom. The third-order valence-electron chi connectivity index (χ3n) is 3.12. The van der Waals surface area contributed by atoms with Crippen molar-refractivity contribution in [3.05, 3.63) is 35.9 Å². The number of carbonyl (C=O) groups is 1. The Kier molecular flexibility index (Phi) is 7.86. The lowest BCUT2D eigenvalue weighted by molar-refractivity contribution is -0.121. The van der Waals surface area contributed by atoms with Gasteiger partial charge in [0.2, 0.25) is 5.91 Å². The maximum atomic E-state index is 11.7. The van der Waals surface area contributed by atoms with E-state index in [0.717, 1.165) is 18.5 Å². The predicted molar refractivity (Wildman–Crippen MR) is 77.1 cm³/mol. The topological polar surface area (TPSA) is 61.4 Å². The van der Waals surface area contributed by atoms with Crippen LogP contribution in [-0.2, 0) is 4.79 Å². The second kappa shape index (κ2) is 9.53. The van der Waals surface area contributed by atoms with Crippen molar-refractivity contribution in [1.29, 1.82) is 0 Å². The van der Waals surface area contributed by atoms with E-state index in [4.69, 9.17) is 5.11 Å². The molecule has 0 aliphatic carbocycles. The van der Waals surface area contributed by atoms with E-state index in [1.807, 2.05) is 37.4 Å². The van der Waals surface area contributed by atoms with Gasteiger partial charge < -0.3 is 15.7 Å². The molecule has 1 amide bonds. The number of hydrogen-bond donors (Lipinski definition) is 3. The first-order valence-corrected chi connectivity index (χ1v) is 6.85. The van der Waals surface area contributed by atoms with Gasteiger partial charge in [-0.15, -0.1) is 0 Å². The zero-order valence-corrected chi connectivity index (χ0v) is 11.6. The van der Waals surface area contributed by atoms with E-state index >= 15 is 0 Å². The van der Waals surface area contributed by atoms with Crippen LogP contribution >= 0.6 is 0 Å². The lowest BCUT2D eigenvalue weighted by Gasteiger charge is -2.17. The van der Waals surface area contributed by atoms with E-state index < -0.39 is 0 Å². The molecule has 0 spiro atoms. The fourth-order valence-corrected chi connectivity index (χ4v) is 2.02. The van der Waals surface area contributed by atoms with Gasteiger partial charge in [-0.1, -0.05) is 30.3 Å². The SMILES string of the molecule is CNCCCC(=O)NCC(CCO)c1ccccc1. The highest BCUT2D eigenvalue weighted by Crippen LogP contribution is 2.18. The fourth-order valence-electron chi connectivity index (χ4n) is 2.02. The van der Waals surface area contributed by atoms with E-state index in [-0.39, 0.29) is 18.4 Å². The highest BCUT2D eigenvalue weighted by Gasteiger charge is 2.12. The van der Waals surface area contributed by atoms with Crippen molar-refractivity contribution < 1.29 is 9.90 Å². The molecule has 0 heterocycles. The minimum Gasteiger partial charge on any atom is -0.396 e. The molecule has 1 aromatic carbocycles. The zero-order chi connectivity index (χ0) is 13.9. The minimum absolute atomic E-state index is 0.0779. The highest BCUT2D eigenvalue weighted by atomic mass is 16.3. The van der Waals surface area contributed by atoms with Gasteiger partial charge in [0, 0.05) is 25.5 Å². The van der Waals surface area contributed by atoms with Crippen LogP contribution in [0.4, 0.5) is 0 Å². The molecule has 1 unspecified atom stereocenters. The quantitative estimate of drug-likeness (QED) is 0.589. The van der Waals surface area contributed by atoms with Gasteiger partial charge in [0.25, 0.3) is 0 Å². The molecule has 19 heavy (non-hydrogen) atoms. The molecule has 0 saturated carbocycles. The summed E-state index contributed by atoms with van der Waals surface area (Å²) in [6.07, 6.45) is 2.06. The molecule has 0 fully saturated rings. The van der Waals surface area contributed by atoms with Crippen LogP contribution in [0.1, 0.15) is 30.7 Å². The second-order valence-electron chi connectivity index (χ2n) is 4.63. The van der Waals surface area contributed by atoms with Gasteiger partial charge in [0.1, 0.15) is 0 Å². The molecular formula is C15H24N2O2. The minimum atomic E-state index is 0.0779. The largest absolute Gasteiger partial charge is 0.396 e. The number of nitrogens with one attached hydrogen (secondary N) is 2. The first kappa shape index (κ1) is 15.7. The third kappa shape index (κ3) is 6.36. The summed E-state index contributed by atoms with van der Waals surface area (Å²) in [6, 6.07) is 10.00. The molecule has 3 N–H and O–H groups in total. The molecule has 0 saturated heterocycles. The van der Waals surface area contributed by atoms with Crippen molar-refractivity contribution in [3.63, 3.8) is 0 Å². The highest BCUT2D eigenvalue weighted by molar-refractivity contribution is 5.75. The summed E-state index contributed by atoms with van der Waals surface area (Å²) in [5.41, 5.74) is 1.16. The average Bonchev–Trinajstić information content (AvgIpc) is 2.44. The van der Waals surface area contributed by atoms with Crippen LogP contribution in [0.5, 0.6) is 0 Å². The van der Waals surface area contributed by atoms with Gasteiger partial charge in [-0.3, -0.25) is 4.79 Å². The number of hydrogen-bond acceptors (Lipinski definition) is 3. The Balaban J connectivity index is 2.40. The number of amides is 1. The zero-order valence-electron chi connectivity index (χ0n) is 11.6. The lowest BCUT2D eigenvalue weighted by Crippen LogP contribution is -2.29. The number of benzene rings is 1. The molecule has 106 valence electrons. The molecule has 0 radical (unpaired) electrons. The normalized spacial score (nSPS) is 12.1. The van der Waals surface area contributed by atoms with Gasteiger partial charge in [0.05, 0.1) is 0 Å². The molecule has 1 aromatic rings. The van der Waals surface area contributed by atoms with Crippen molar-refractivity contribution in [3.8, 4) is 0 Å². The van der Waals surface area contributed by atoms with E-state index in [9.17, 15) is 4.79 Å². The van der Waals surface area contributed by atoms with E-state index in [1.165, 1.54) is 0 Å². The van der Waals surface area contributed by atoms with Crippen LogP contribution in [0.25, 0.3) is 0 Å². The van der Waals surface area contributed by atoms with Crippen molar-refractivity contribution in [2.75, 3.05) is 26.7 Å². The van der Waals surface area contributed by atoms with Crippen molar-refractivity contribution >= 4 is 5.91 Å². The number of rotatable bonds is 9. The first-order chi connectivity index (χ1) is 9.27. The first-order valence-electron chi connectivity index (χ1n) is 6.85. The molecule has 1 atom stereocenters. The Morgan fingerprint density at radius 1 is 1.32 bits per heavy atom. The third-order valence-corrected chi connectivity index (χ3v) is 3.12. The summed E-state index contributed by atoms with van der Waals surface area (Å²) in [7, 11) is 1.88. The van der Waals surface area contributed by atoms with E-state index in [1.54, 1.807) is 0 Å². The fraction of sp³-hybridized carbons (Fsp3) is 0.533. The van der Waals surface area contributed by atoms with Gasteiger partial charge in [-0.05, 0) is 32.0 Å². The van der Waals surface area contributed by atoms with Crippen LogP contribution in [0.15, 0.2) is 30.3 Å². The predicted octanol–water partition coefficient (Wildman–Crippen LogP) is 1.27. The van der Waals surface area contributed by atoms with Crippen LogP contribution in [0.2, 0.25) is 0 Å². The summed E-state index contributed by atoms with van der Waals surface area (Å²) in [5.74, 6) is 0.258. The Bertz CT molecular complexity index is 354. The summed E-state index contributed by atoms with van der Waals surface area (Å²) < 4.78 is 0. The number of aliphatic hydroxyl groups excluding tert-OH is 1. The van der Waals surface area contributed by atoms with Gasteiger partial charge in [-0.25, -0.2) is 0 Å². The standard InChI is InChI=1S/C15H24N2O2/c1-16-10-5-8-15(19)17-12-14(9-11-18)13-6-3-2-4-7-13/h2-4,6-7,14,16,18H,5,8-12H2,1H3,(H,17,19). The molecule has 0 aliphatic rings. The Hall–Kier alpha value is -1.39. The van der Waals surface area contributed by atoms with Crippen molar-refractivity contribution in [2.24, 2.45) is 0 Å². The lowest BCUT2D eigenvalue weighted by atomic mass is 9.96. The molecular weight excluding hydrogens is 240 g/mol. The van der Waals surface area contributed by atoms with E-state index in [0.29, 0.717) is 19.4 Å². The van der Waals surface area contributed by atoms with Gasteiger partial charge in [0.15, 0.2) is 0 Å².